The molecule has 0 radical (unpaired) electrons. The third-order valence-electron chi connectivity index (χ3n) is 3.97. The van der Waals surface area contributed by atoms with E-state index in [0.717, 1.165) is 0 Å². The Balaban J connectivity index is 1.56. The number of anilines is 1. The van der Waals surface area contributed by atoms with Gasteiger partial charge in [0.25, 0.3) is 15.7 Å². The van der Waals surface area contributed by atoms with E-state index in [1.807, 2.05) is 0 Å². The van der Waals surface area contributed by atoms with Crippen molar-refractivity contribution < 1.29 is 22.8 Å². The van der Waals surface area contributed by atoms with Crippen molar-refractivity contribution in [1.82, 2.24) is 0 Å². The number of hydrogen-bond donors (Lipinski definition) is 1. The lowest BCUT2D eigenvalue weighted by atomic mass is 10.1. The predicted octanol–water partition coefficient (Wildman–Crippen LogP) is 3.94. The molecule has 1 aromatic heterocycles. The molecule has 29 heavy (non-hydrogen) atoms. The van der Waals surface area contributed by atoms with Gasteiger partial charge in [-0.3, -0.25) is 19.8 Å². The number of sulfonamides is 1. The molecule has 0 atom stereocenters. The van der Waals surface area contributed by atoms with Gasteiger partial charge in [0.2, 0.25) is 6.79 Å². The molecule has 0 spiro atoms. The highest BCUT2D eigenvalue weighted by Gasteiger charge is 2.22. The zero-order valence-electron chi connectivity index (χ0n) is 14.6. The van der Waals surface area contributed by atoms with Gasteiger partial charge in [0, 0.05) is 6.21 Å². The maximum Gasteiger partial charge on any atom is 0.282 e. The lowest BCUT2D eigenvalue weighted by Gasteiger charge is -2.06. The minimum Gasteiger partial charge on any atom is -0.454 e. The van der Waals surface area contributed by atoms with Gasteiger partial charge in [-0.25, -0.2) is 8.42 Å². The highest BCUT2D eigenvalue weighted by molar-refractivity contribution is 7.93. The molecule has 1 aliphatic heterocycles. The summed E-state index contributed by atoms with van der Waals surface area (Å²) >= 11 is 1.28. The molecular formula is C18H13N3O6S2. The van der Waals surface area contributed by atoms with Gasteiger partial charge in [-0.2, -0.15) is 0 Å². The molecule has 3 aromatic rings. The summed E-state index contributed by atoms with van der Waals surface area (Å²) in [5, 5.41) is 13.6. The Morgan fingerprint density at radius 1 is 1.14 bits per heavy atom. The molecule has 9 nitrogen and oxygen atoms in total. The van der Waals surface area contributed by atoms with E-state index in [9.17, 15) is 18.5 Å². The maximum atomic E-state index is 12.4. The van der Waals surface area contributed by atoms with Crippen molar-refractivity contribution in [3.8, 4) is 11.5 Å². The van der Waals surface area contributed by atoms with E-state index in [1.165, 1.54) is 53.9 Å². The molecule has 1 aliphatic rings. The lowest BCUT2D eigenvalue weighted by Crippen LogP contribution is -2.11. The standard InChI is InChI=1S/C18H13N3O6S2/c22-21(23)15-9-17-16(26-11-27-17)8-12(15)10-19-13-3-5-14(6-4-13)29(24,25)20-18-2-1-7-28-18/h1-10,20H,11H2. The number of nitrogens with one attached hydrogen (secondary N) is 1. The Hall–Kier alpha value is -3.44. The van der Waals surface area contributed by atoms with E-state index >= 15 is 0 Å². The minimum atomic E-state index is -3.70. The van der Waals surface area contributed by atoms with Crippen LogP contribution in [0.2, 0.25) is 0 Å². The molecule has 4 rings (SSSR count). The van der Waals surface area contributed by atoms with Gasteiger partial charge in [0.1, 0.15) is 5.00 Å². The number of benzene rings is 2. The van der Waals surface area contributed by atoms with Gasteiger partial charge in [0.15, 0.2) is 11.5 Å². The molecule has 1 N–H and O–H groups in total. The average Bonchev–Trinajstić information content (AvgIpc) is 3.36. The van der Waals surface area contributed by atoms with Crippen molar-refractivity contribution in [1.29, 1.82) is 0 Å². The summed E-state index contributed by atoms with van der Waals surface area (Å²) in [4.78, 5) is 15.0. The smallest absolute Gasteiger partial charge is 0.282 e. The fraction of sp³-hybridized carbons (Fsp3) is 0.0556. The summed E-state index contributed by atoms with van der Waals surface area (Å²) in [5.74, 6) is 0.708. The van der Waals surface area contributed by atoms with Crippen LogP contribution in [0.5, 0.6) is 11.5 Å². The Kier molecular flexibility index (Phi) is 4.91. The van der Waals surface area contributed by atoms with Crippen LogP contribution in [0.25, 0.3) is 0 Å². The van der Waals surface area contributed by atoms with Crippen LogP contribution in [-0.2, 0) is 10.0 Å². The topological polar surface area (TPSA) is 120 Å². The van der Waals surface area contributed by atoms with Gasteiger partial charge >= 0.3 is 0 Å². The largest absolute Gasteiger partial charge is 0.454 e. The van der Waals surface area contributed by atoms with Crippen LogP contribution in [0, 0.1) is 10.1 Å². The second-order valence-electron chi connectivity index (χ2n) is 5.86. The van der Waals surface area contributed by atoms with E-state index in [-0.39, 0.29) is 22.9 Å². The highest BCUT2D eigenvalue weighted by Crippen LogP contribution is 2.37. The van der Waals surface area contributed by atoms with Crippen molar-refractivity contribution in [2.24, 2.45) is 4.99 Å². The Morgan fingerprint density at radius 2 is 1.86 bits per heavy atom. The van der Waals surface area contributed by atoms with E-state index in [2.05, 4.69) is 9.71 Å². The molecule has 2 aromatic carbocycles. The molecular weight excluding hydrogens is 418 g/mol. The van der Waals surface area contributed by atoms with E-state index in [4.69, 9.17) is 9.47 Å². The monoisotopic (exact) mass is 431 g/mol. The minimum absolute atomic E-state index is 0.00251. The van der Waals surface area contributed by atoms with Crippen LogP contribution in [0.3, 0.4) is 0 Å². The number of rotatable bonds is 6. The van der Waals surface area contributed by atoms with Gasteiger partial charge < -0.3 is 9.47 Å². The highest BCUT2D eigenvalue weighted by atomic mass is 32.2. The number of fused-ring (bicyclic) bond motifs is 1. The van der Waals surface area contributed by atoms with Crippen LogP contribution >= 0.6 is 11.3 Å². The van der Waals surface area contributed by atoms with Crippen LogP contribution in [0.4, 0.5) is 16.4 Å². The Labute approximate surface area is 169 Å². The molecule has 0 amide bonds. The predicted molar refractivity (Wildman–Crippen MR) is 108 cm³/mol. The van der Waals surface area contributed by atoms with E-state index in [1.54, 1.807) is 17.5 Å². The first-order valence-corrected chi connectivity index (χ1v) is 10.6. The van der Waals surface area contributed by atoms with Crippen molar-refractivity contribution in [2.75, 3.05) is 11.5 Å². The van der Waals surface area contributed by atoms with E-state index in [0.29, 0.717) is 22.2 Å². The maximum absolute atomic E-state index is 12.4. The van der Waals surface area contributed by atoms with E-state index < -0.39 is 14.9 Å². The van der Waals surface area contributed by atoms with Gasteiger partial charge in [-0.1, -0.05) is 0 Å². The zero-order chi connectivity index (χ0) is 20.4. The summed E-state index contributed by atoms with van der Waals surface area (Å²) in [6.07, 6.45) is 1.33. The number of ether oxygens (including phenoxy) is 2. The summed E-state index contributed by atoms with van der Waals surface area (Å²) in [6, 6.07) is 12.0. The van der Waals surface area contributed by atoms with Crippen molar-refractivity contribution in [3.63, 3.8) is 0 Å². The average molecular weight is 431 g/mol. The summed E-state index contributed by atoms with van der Waals surface area (Å²) in [6.45, 7) is 0.00251. The zero-order valence-corrected chi connectivity index (χ0v) is 16.3. The normalized spacial score (nSPS) is 13.0. The van der Waals surface area contributed by atoms with Gasteiger partial charge in [0.05, 0.1) is 27.1 Å². The first-order chi connectivity index (χ1) is 13.9. The molecule has 11 heteroatoms. The second kappa shape index (κ2) is 7.53. The Bertz CT molecular complexity index is 1190. The first-order valence-electron chi connectivity index (χ1n) is 8.21. The number of thiophene rings is 1. The van der Waals surface area contributed by atoms with Crippen LogP contribution in [-0.4, -0.2) is 26.3 Å². The third kappa shape index (κ3) is 4.05. The second-order valence-corrected chi connectivity index (χ2v) is 8.49. The van der Waals surface area contributed by atoms with Crippen LogP contribution in [0.15, 0.2) is 63.8 Å². The number of nitro benzene ring substituents is 1. The summed E-state index contributed by atoms with van der Waals surface area (Å²) < 4.78 is 37.6. The van der Waals surface area contributed by atoms with Crippen LogP contribution in [0.1, 0.15) is 5.56 Å². The molecule has 2 heterocycles. The summed E-state index contributed by atoms with van der Waals surface area (Å²) in [7, 11) is -3.70. The number of hydrogen-bond acceptors (Lipinski definition) is 8. The summed E-state index contributed by atoms with van der Waals surface area (Å²) in [5.41, 5.74) is 0.514. The van der Waals surface area contributed by atoms with Crippen molar-refractivity contribution in [2.45, 2.75) is 4.90 Å². The molecule has 0 saturated heterocycles. The molecule has 0 unspecified atom stereocenters. The SMILES string of the molecule is O=[N+]([O-])c1cc2c(cc1C=Nc1ccc(S(=O)(=O)Nc3cccs3)cc1)OCO2. The van der Waals surface area contributed by atoms with Crippen LogP contribution < -0.4 is 14.2 Å². The molecule has 148 valence electrons. The number of nitro groups is 1. The third-order valence-corrected chi connectivity index (χ3v) is 6.27. The van der Waals surface area contributed by atoms with Crippen molar-refractivity contribution >= 4 is 44.0 Å². The first kappa shape index (κ1) is 18.9. The molecule has 0 bridgehead atoms. The fourth-order valence-corrected chi connectivity index (χ4v) is 4.52. The van der Waals surface area contributed by atoms with Crippen molar-refractivity contribution in [3.05, 3.63) is 69.6 Å². The van der Waals surface area contributed by atoms with Gasteiger partial charge in [-0.05, 0) is 47.8 Å². The molecule has 0 aliphatic carbocycles. The number of aliphatic imine (C=N–C) groups is 1. The number of nitrogens with zero attached hydrogens (tertiary/aromatic N) is 2. The van der Waals surface area contributed by atoms with Gasteiger partial charge in [-0.15, -0.1) is 11.3 Å². The molecule has 0 saturated carbocycles. The fourth-order valence-electron chi connectivity index (χ4n) is 2.59. The quantitative estimate of drug-likeness (QED) is 0.359. The molecule has 0 fully saturated rings. The lowest BCUT2D eigenvalue weighted by molar-refractivity contribution is -0.385. The Morgan fingerprint density at radius 3 is 2.52 bits per heavy atom.